The Morgan fingerprint density at radius 2 is 2.12 bits per heavy atom. The summed E-state index contributed by atoms with van der Waals surface area (Å²) < 4.78 is 0. The highest BCUT2D eigenvalue weighted by Gasteiger charge is 2.31. The average molecular weight is 236 g/mol. The fraction of sp³-hybridized carbons (Fsp3) is 0.500. The zero-order chi connectivity index (χ0) is 11.8. The Kier molecular flexibility index (Phi) is 3.07. The maximum absolute atomic E-state index is 6.31. The number of aliphatic imine (C=N–C) groups is 1. The molecule has 2 atom stereocenters. The first kappa shape index (κ1) is 11.7. The molecule has 1 aromatic rings. The molecule has 1 heterocycles. The van der Waals surface area contributed by atoms with E-state index >= 15 is 0 Å². The van der Waals surface area contributed by atoms with Gasteiger partial charge in [0.05, 0.1) is 10.9 Å². The largest absolute Gasteiger partial charge is 0.284 e. The van der Waals surface area contributed by atoms with Crippen molar-refractivity contribution in [3.63, 3.8) is 0 Å². The van der Waals surface area contributed by atoms with E-state index < -0.39 is 0 Å². The van der Waals surface area contributed by atoms with Crippen molar-refractivity contribution >= 4 is 17.8 Å². The minimum atomic E-state index is -0.0903. The lowest BCUT2D eigenvalue weighted by Crippen LogP contribution is -2.25. The van der Waals surface area contributed by atoms with Crippen molar-refractivity contribution in [3.05, 3.63) is 34.9 Å². The van der Waals surface area contributed by atoms with Crippen molar-refractivity contribution in [2.75, 3.05) is 0 Å². The van der Waals surface area contributed by atoms with E-state index in [1.807, 2.05) is 6.21 Å². The fourth-order valence-corrected chi connectivity index (χ4v) is 2.45. The van der Waals surface area contributed by atoms with E-state index in [1.54, 1.807) is 0 Å². The number of nitrogens with zero attached hydrogens (tertiary/aromatic N) is 1. The van der Waals surface area contributed by atoms with E-state index in [-0.39, 0.29) is 10.9 Å². The van der Waals surface area contributed by atoms with E-state index in [2.05, 4.69) is 44.0 Å². The van der Waals surface area contributed by atoms with Crippen LogP contribution in [0.1, 0.15) is 49.3 Å². The lowest BCUT2D eigenvalue weighted by molar-refractivity contribution is 0.471. The molecule has 0 aliphatic carbocycles. The second-order valence-corrected chi connectivity index (χ2v) is 5.05. The Balaban J connectivity index is 2.56. The summed E-state index contributed by atoms with van der Waals surface area (Å²) >= 11 is 6.31. The summed E-state index contributed by atoms with van der Waals surface area (Å²) in [6.45, 7) is 6.51. The first-order chi connectivity index (χ1) is 7.60. The molecular weight excluding hydrogens is 218 g/mol. The Labute approximate surface area is 103 Å². The van der Waals surface area contributed by atoms with Crippen molar-refractivity contribution < 1.29 is 0 Å². The summed E-state index contributed by atoms with van der Waals surface area (Å²) in [5, 5.41) is -0.0684. The van der Waals surface area contributed by atoms with Gasteiger partial charge in [0.25, 0.3) is 0 Å². The quantitative estimate of drug-likeness (QED) is 0.680. The SMILES string of the molecule is CCc1ccc2c(c1)C(Cl)C=NC2(C)CC. The number of benzene rings is 1. The number of rotatable bonds is 2. The minimum Gasteiger partial charge on any atom is -0.284 e. The van der Waals surface area contributed by atoms with Crippen molar-refractivity contribution in [2.24, 2.45) is 4.99 Å². The number of fused-ring (bicyclic) bond motifs is 1. The van der Waals surface area contributed by atoms with Gasteiger partial charge in [-0.05, 0) is 36.5 Å². The highest BCUT2D eigenvalue weighted by molar-refractivity contribution is 6.28. The molecule has 1 aromatic carbocycles. The summed E-state index contributed by atoms with van der Waals surface area (Å²) in [5.41, 5.74) is 3.78. The van der Waals surface area contributed by atoms with Crippen LogP contribution in [-0.2, 0) is 12.0 Å². The first-order valence-corrected chi connectivity index (χ1v) is 6.37. The number of aryl methyl sites for hydroxylation is 1. The van der Waals surface area contributed by atoms with E-state index in [1.165, 1.54) is 16.7 Å². The molecule has 2 unspecified atom stereocenters. The van der Waals surface area contributed by atoms with E-state index in [4.69, 9.17) is 11.6 Å². The Hall–Kier alpha value is -0.820. The molecular formula is C14H18ClN. The molecule has 0 spiro atoms. The number of hydrogen-bond donors (Lipinski definition) is 0. The third-order valence-corrected chi connectivity index (χ3v) is 3.93. The summed E-state index contributed by atoms with van der Waals surface area (Å²) in [4.78, 5) is 4.60. The van der Waals surface area contributed by atoms with Crippen LogP contribution >= 0.6 is 11.6 Å². The maximum atomic E-state index is 6.31. The van der Waals surface area contributed by atoms with Crippen molar-refractivity contribution in [2.45, 2.75) is 44.5 Å². The fourth-order valence-electron chi connectivity index (χ4n) is 2.21. The van der Waals surface area contributed by atoms with Crippen LogP contribution in [0.15, 0.2) is 23.2 Å². The highest BCUT2D eigenvalue weighted by atomic mass is 35.5. The molecule has 16 heavy (non-hydrogen) atoms. The van der Waals surface area contributed by atoms with Crippen LogP contribution in [0.3, 0.4) is 0 Å². The molecule has 2 heteroatoms. The number of alkyl halides is 1. The lowest BCUT2D eigenvalue weighted by Gasteiger charge is -2.32. The predicted molar refractivity (Wildman–Crippen MR) is 70.5 cm³/mol. The molecule has 1 aliphatic heterocycles. The molecule has 0 N–H and O–H groups in total. The molecule has 2 rings (SSSR count). The van der Waals surface area contributed by atoms with Crippen LogP contribution in [0.2, 0.25) is 0 Å². The van der Waals surface area contributed by atoms with E-state index in [0.717, 1.165) is 12.8 Å². The van der Waals surface area contributed by atoms with E-state index in [0.29, 0.717) is 0 Å². The average Bonchev–Trinajstić information content (AvgIpc) is 2.34. The summed E-state index contributed by atoms with van der Waals surface area (Å²) in [6, 6.07) is 6.62. The van der Waals surface area contributed by atoms with Gasteiger partial charge < -0.3 is 0 Å². The summed E-state index contributed by atoms with van der Waals surface area (Å²) in [6.07, 6.45) is 3.94. The molecule has 0 amide bonds. The standard InChI is InChI=1S/C14H18ClN/c1-4-10-6-7-12-11(8-10)13(15)9-16-14(12,3)5-2/h6-9,13H,4-5H2,1-3H3. The van der Waals surface area contributed by atoms with Gasteiger partial charge in [-0.2, -0.15) is 0 Å². The normalized spacial score (nSPS) is 27.9. The van der Waals surface area contributed by atoms with Crippen LogP contribution in [0, 0.1) is 0 Å². The topological polar surface area (TPSA) is 12.4 Å². The molecule has 0 bridgehead atoms. The molecule has 86 valence electrons. The summed E-state index contributed by atoms with van der Waals surface area (Å²) in [7, 11) is 0. The van der Waals surface area contributed by atoms with Crippen LogP contribution in [0.4, 0.5) is 0 Å². The summed E-state index contributed by atoms with van der Waals surface area (Å²) in [5.74, 6) is 0. The molecule has 0 saturated heterocycles. The minimum absolute atomic E-state index is 0.0684. The molecule has 1 nitrogen and oxygen atoms in total. The third kappa shape index (κ3) is 1.78. The van der Waals surface area contributed by atoms with Crippen LogP contribution in [-0.4, -0.2) is 6.21 Å². The number of hydrogen-bond acceptors (Lipinski definition) is 1. The van der Waals surface area contributed by atoms with Gasteiger partial charge in [-0.1, -0.05) is 32.0 Å². The van der Waals surface area contributed by atoms with Gasteiger partial charge in [0.1, 0.15) is 0 Å². The Bertz CT molecular complexity index is 425. The van der Waals surface area contributed by atoms with Gasteiger partial charge in [0.2, 0.25) is 0 Å². The van der Waals surface area contributed by atoms with Crippen LogP contribution in [0.5, 0.6) is 0 Å². The van der Waals surface area contributed by atoms with Gasteiger partial charge in [-0.15, -0.1) is 11.6 Å². The smallest absolute Gasteiger partial charge is 0.0936 e. The lowest BCUT2D eigenvalue weighted by atomic mass is 9.82. The van der Waals surface area contributed by atoms with Crippen molar-refractivity contribution in [1.82, 2.24) is 0 Å². The third-order valence-electron chi connectivity index (χ3n) is 3.58. The first-order valence-electron chi connectivity index (χ1n) is 5.93. The zero-order valence-electron chi connectivity index (χ0n) is 10.1. The van der Waals surface area contributed by atoms with Crippen LogP contribution < -0.4 is 0 Å². The zero-order valence-corrected chi connectivity index (χ0v) is 10.9. The molecule has 0 fully saturated rings. The van der Waals surface area contributed by atoms with Crippen molar-refractivity contribution in [3.8, 4) is 0 Å². The molecule has 0 aromatic heterocycles. The molecule has 1 aliphatic rings. The second kappa shape index (κ2) is 4.21. The van der Waals surface area contributed by atoms with Crippen molar-refractivity contribution in [1.29, 1.82) is 0 Å². The van der Waals surface area contributed by atoms with Gasteiger partial charge in [-0.25, -0.2) is 0 Å². The van der Waals surface area contributed by atoms with Gasteiger partial charge >= 0.3 is 0 Å². The maximum Gasteiger partial charge on any atom is 0.0936 e. The van der Waals surface area contributed by atoms with Crippen LogP contribution in [0.25, 0.3) is 0 Å². The van der Waals surface area contributed by atoms with E-state index in [9.17, 15) is 0 Å². The molecule has 0 radical (unpaired) electrons. The monoisotopic (exact) mass is 235 g/mol. The van der Waals surface area contributed by atoms with Gasteiger partial charge in [0.15, 0.2) is 0 Å². The predicted octanol–water partition coefficient (Wildman–Crippen LogP) is 4.24. The van der Waals surface area contributed by atoms with Gasteiger partial charge in [-0.3, -0.25) is 4.99 Å². The Morgan fingerprint density at radius 3 is 2.75 bits per heavy atom. The van der Waals surface area contributed by atoms with Gasteiger partial charge in [0, 0.05) is 6.21 Å². The second-order valence-electron chi connectivity index (χ2n) is 4.58. The Morgan fingerprint density at radius 1 is 1.38 bits per heavy atom. The highest BCUT2D eigenvalue weighted by Crippen LogP contribution is 2.40. The molecule has 0 saturated carbocycles. The number of halogens is 1.